The summed E-state index contributed by atoms with van der Waals surface area (Å²) in [5.74, 6) is 1.23. The van der Waals surface area contributed by atoms with Crippen LogP contribution < -0.4 is 10.1 Å². The molecule has 0 heterocycles. The molecule has 0 atom stereocenters. The van der Waals surface area contributed by atoms with Crippen LogP contribution in [0.25, 0.3) is 0 Å². The predicted octanol–water partition coefficient (Wildman–Crippen LogP) is 6.12. The largest absolute Gasteiger partial charge is 0.508 e. The van der Waals surface area contributed by atoms with Gasteiger partial charge in [-0.15, -0.1) is 0 Å². The van der Waals surface area contributed by atoms with Crippen LogP contribution in [0, 0.1) is 0 Å². The lowest BCUT2D eigenvalue weighted by Crippen LogP contribution is -2.18. The van der Waals surface area contributed by atoms with Crippen LogP contribution in [0.3, 0.4) is 0 Å². The number of hydrogen-bond donors (Lipinski definition) is 2. The van der Waals surface area contributed by atoms with E-state index in [9.17, 15) is 9.90 Å². The lowest BCUT2D eigenvalue weighted by atomic mass is 9.81. The van der Waals surface area contributed by atoms with Gasteiger partial charge in [0.15, 0.2) is 0 Å². The van der Waals surface area contributed by atoms with Crippen LogP contribution in [-0.4, -0.2) is 11.0 Å². The van der Waals surface area contributed by atoms with Gasteiger partial charge in [-0.3, -0.25) is 4.79 Å². The fourth-order valence-electron chi connectivity index (χ4n) is 2.90. The molecular formula is C24H25NO3. The van der Waals surface area contributed by atoms with Crippen molar-refractivity contribution in [2.45, 2.75) is 32.6 Å². The topological polar surface area (TPSA) is 58.6 Å². The monoisotopic (exact) mass is 375 g/mol. The van der Waals surface area contributed by atoms with Crippen molar-refractivity contribution in [1.29, 1.82) is 0 Å². The fourth-order valence-corrected chi connectivity index (χ4v) is 2.90. The molecule has 0 aliphatic heterocycles. The molecular weight excluding hydrogens is 350 g/mol. The molecule has 0 saturated carbocycles. The zero-order valence-corrected chi connectivity index (χ0v) is 16.4. The highest BCUT2D eigenvalue weighted by atomic mass is 16.5. The Labute approximate surface area is 165 Å². The van der Waals surface area contributed by atoms with Crippen molar-refractivity contribution in [3.8, 4) is 17.2 Å². The number of amides is 1. The van der Waals surface area contributed by atoms with Crippen molar-refractivity contribution in [3.05, 3.63) is 83.9 Å². The number of benzene rings is 3. The molecule has 3 aromatic carbocycles. The molecule has 0 saturated heterocycles. The van der Waals surface area contributed by atoms with Crippen molar-refractivity contribution in [2.75, 3.05) is 5.32 Å². The Balaban J connectivity index is 1.94. The molecule has 1 amide bonds. The van der Waals surface area contributed by atoms with Gasteiger partial charge < -0.3 is 15.2 Å². The molecule has 3 aromatic rings. The molecule has 4 heteroatoms. The van der Waals surface area contributed by atoms with E-state index in [-0.39, 0.29) is 17.1 Å². The first kappa shape index (κ1) is 19.5. The Hall–Kier alpha value is -3.27. The van der Waals surface area contributed by atoms with Crippen molar-refractivity contribution < 1.29 is 14.6 Å². The lowest BCUT2D eigenvalue weighted by Gasteiger charge is -2.26. The third-order valence-corrected chi connectivity index (χ3v) is 4.93. The van der Waals surface area contributed by atoms with E-state index in [1.807, 2.05) is 42.5 Å². The van der Waals surface area contributed by atoms with Gasteiger partial charge in [0, 0.05) is 22.9 Å². The van der Waals surface area contributed by atoms with Crippen LogP contribution in [-0.2, 0) is 5.41 Å². The quantitative estimate of drug-likeness (QED) is 0.545. The second-order valence-electron chi connectivity index (χ2n) is 7.37. The van der Waals surface area contributed by atoms with E-state index in [1.165, 1.54) is 6.07 Å². The maximum Gasteiger partial charge on any atom is 0.255 e. The number of ether oxygens (including phenoxy) is 1. The summed E-state index contributed by atoms with van der Waals surface area (Å²) in [6.07, 6.45) is 0.937. The lowest BCUT2D eigenvalue weighted by molar-refractivity contribution is 0.102. The number of nitrogens with one attached hydrogen (secondary N) is 1. The second kappa shape index (κ2) is 8.17. The molecule has 0 unspecified atom stereocenters. The average molecular weight is 375 g/mol. The number of carbonyl (C=O) groups excluding carboxylic acids is 1. The Morgan fingerprint density at radius 2 is 1.75 bits per heavy atom. The molecule has 0 aromatic heterocycles. The fraction of sp³-hybridized carbons (Fsp3) is 0.208. The van der Waals surface area contributed by atoms with Crippen LogP contribution in [0.5, 0.6) is 17.2 Å². The Morgan fingerprint density at radius 1 is 1.00 bits per heavy atom. The summed E-state index contributed by atoms with van der Waals surface area (Å²) in [6.45, 7) is 6.45. The Kier molecular flexibility index (Phi) is 5.69. The minimum Gasteiger partial charge on any atom is -0.508 e. The van der Waals surface area contributed by atoms with Gasteiger partial charge in [0.05, 0.1) is 0 Å². The van der Waals surface area contributed by atoms with Gasteiger partial charge >= 0.3 is 0 Å². The maximum atomic E-state index is 12.7. The van der Waals surface area contributed by atoms with Gasteiger partial charge in [0.1, 0.15) is 17.2 Å². The van der Waals surface area contributed by atoms with Crippen LogP contribution in [0.15, 0.2) is 72.8 Å². The molecule has 4 nitrogen and oxygen atoms in total. The van der Waals surface area contributed by atoms with E-state index >= 15 is 0 Å². The van der Waals surface area contributed by atoms with Gasteiger partial charge in [0.2, 0.25) is 0 Å². The van der Waals surface area contributed by atoms with E-state index in [4.69, 9.17) is 4.74 Å². The number of aromatic hydroxyl groups is 1. The Morgan fingerprint density at radius 3 is 2.43 bits per heavy atom. The smallest absolute Gasteiger partial charge is 0.255 e. The van der Waals surface area contributed by atoms with Gasteiger partial charge in [-0.05, 0) is 48.2 Å². The van der Waals surface area contributed by atoms with Gasteiger partial charge in [-0.25, -0.2) is 0 Å². The Bertz CT molecular complexity index is 965. The van der Waals surface area contributed by atoms with Crippen LogP contribution >= 0.6 is 0 Å². The summed E-state index contributed by atoms with van der Waals surface area (Å²) < 4.78 is 6.14. The standard InChI is InChI=1S/C24H25NO3/c1-4-24(2,3)21-14-13-17(15-22(21)28-20-11-6-5-7-12-20)23(27)25-18-9-8-10-19(26)16-18/h5-16,26H,4H2,1-3H3,(H,25,27). The number of phenols is 1. The van der Waals surface area contributed by atoms with E-state index in [1.54, 1.807) is 24.3 Å². The minimum atomic E-state index is -0.260. The van der Waals surface area contributed by atoms with Crippen LogP contribution in [0.2, 0.25) is 0 Å². The first-order valence-electron chi connectivity index (χ1n) is 9.37. The van der Waals surface area contributed by atoms with Crippen LogP contribution in [0.4, 0.5) is 5.69 Å². The van der Waals surface area contributed by atoms with E-state index in [0.29, 0.717) is 17.0 Å². The van der Waals surface area contributed by atoms with Crippen molar-refractivity contribution in [3.63, 3.8) is 0 Å². The summed E-state index contributed by atoms with van der Waals surface area (Å²) in [7, 11) is 0. The maximum absolute atomic E-state index is 12.7. The SMILES string of the molecule is CCC(C)(C)c1ccc(C(=O)Nc2cccc(O)c2)cc1Oc1ccccc1. The highest BCUT2D eigenvalue weighted by Crippen LogP contribution is 2.37. The van der Waals surface area contributed by atoms with Crippen molar-refractivity contribution in [2.24, 2.45) is 0 Å². The third-order valence-electron chi connectivity index (χ3n) is 4.93. The number of carbonyl (C=O) groups is 1. The number of hydrogen-bond acceptors (Lipinski definition) is 3. The molecule has 0 bridgehead atoms. The van der Waals surface area contributed by atoms with Gasteiger partial charge in [-0.1, -0.05) is 51.1 Å². The summed E-state index contributed by atoms with van der Waals surface area (Å²) in [4.78, 5) is 12.7. The van der Waals surface area contributed by atoms with E-state index in [0.717, 1.165) is 17.7 Å². The van der Waals surface area contributed by atoms with Gasteiger partial charge in [0.25, 0.3) is 5.91 Å². The zero-order valence-electron chi connectivity index (χ0n) is 16.4. The predicted molar refractivity (Wildman–Crippen MR) is 112 cm³/mol. The normalized spacial score (nSPS) is 11.1. The molecule has 0 aliphatic rings. The second-order valence-corrected chi connectivity index (χ2v) is 7.37. The number of para-hydroxylation sites is 1. The molecule has 3 rings (SSSR count). The van der Waals surface area contributed by atoms with Crippen molar-refractivity contribution >= 4 is 11.6 Å². The molecule has 144 valence electrons. The van der Waals surface area contributed by atoms with Gasteiger partial charge in [-0.2, -0.15) is 0 Å². The first-order chi connectivity index (χ1) is 13.4. The summed E-state index contributed by atoms with van der Waals surface area (Å²) in [5.41, 5.74) is 1.98. The zero-order chi connectivity index (χ0) is 20.1. The highest BCUT2D eigenvalue weighted by molar-refractivity contribution is 6.04. The summed E-state index contributed by atoms with van der Waals surface area (Å²) >= 11 is 0. The summed E-state index contributed by atoms with van der Waals surface area (Å²) in [5, 5.41) is 12.4. The molecule has 0 aliphatic carbocycles. The third kappa shape index (κ3) is 4.52. The number of phenolic OH excluding ortho intramolecular Hbond substituents is 1. The number of anilines is 1. The van der Waals surface area contributed by atoms with E-state index < -0.39 is 0 Å². The molecule has 0 radical (unpaired) electrons. The van der Waals surface area contributed by atoms with Crippen LogP contribution in [0.1, 0.15) is 43.1 Å². The molecule has 0 fully saturated rings. The van der Waals surface area contributed by atoms with Crippen molar-refractivity contribution in [1.82, 2.24) is 0 Å². The first-order valence-corrected chi connectivity index (χ1v) is 9.37. The highest BCUT2D eigenvalue weighted by Gasteiger charge is 2.24. The average Bonchev–Trinajstić information content (AvgIpc) is 2.68. The molecule has 0 spiro atoms. The number of rotatable bonds is 6. The van der Waals surface area contributed by atoms with E-state index in [2.05, 4.69) is 26.1 Å². The molecule has 2 N–H and O–H groups in total. The molecule has 28 heavy (non-hydrogen) atoms. The summed E-state index contributed by atoms with van der Waals surface area (Å²) in [6, 6.07) is 21.6. The minimum absolute atomic E-state index is 0.0929.